The zero-order valence-corrected chi connectivity index (χ0v) is 15.9. The van der Waals surface area contributed by atoms with Gasteiger partial charge in [0.25, 0.3) is 0 Å². The van der Waals surface area contributed by atoms with E-state index in [0.29, 0.717) is 0 Å². The van der Waals surface area contributed by atoms with Crippen molar-refractivity contribution in [1.29, 1.82) is 0 Å². The normalized spacial score (nSPS) is 12.1. The molecule has 0 saturated carbocycles. The van der Waals surface area contributed by atoms with E-state index in [0.717, 1.165) is 0 Å². The van der Waals surface area contributed by atoms with E-state index in [1.807, 2.05) is 0 Å². The lowest BCUT2D eigenvalue weighted by atomic mass is 10.2. The van der Waals surface area contributed by atoms with Crippen LogP contribution < -0.4 is 0 Å². The van der Waals surface area contributed by atoms with Gasteiger partial charge in [-0.1, -0.05) is 47.5 Å². The molecule has 2 aromatic carbocycles. The Bertz CT molecular complexity index is 854. The number of benzene rings is 2. The van der Waals surface area contributed by atoms with Crippen LogP contribution in [0.1, 0.15) is 20.7 Å². The molecule has 2 rings (SSSR count). The minimum atomic E-state index is -2.49. The Morgan fingerprint density at radius 1 is 0.690 bits per heavy atom. The molecule has 0 heterocycles. The molecule has 0 fully saturated rings. The van der Waals surface area contributed by atoms with Crippen LogP contribution in [0.25, 0.3) is 0 Å². The summed E-state index contributed by atoms with van der Waals surface area (Å²) in [5.41, 5.74) is -0.341. The first kappa shape index (κ1) is 24.2. The molecule has 29 heavy (non-hydrogen) atoms. The van der Waals surface area contributed by atoms with Crippen molar-refractivity contribution in [3.8, 4) is 0 Å². The van der Waals surface area contributed by atoms with Crippen molar-refractivity contribution < 1.29 is 44.3 Å². The number of hydrogen-bond acceptors (Lipinski definition) is 8. The molecular formula is C18H14Cl2O9. The van der Waals surface area contributed by atoms with Crippen molar-refractivity contribution >= 4 is 47.1 Å². The fraction of sp³-hybridized carbons (Fsp3) is 0.111. The third kappa shape index (κ3) is 6.08. The second-order valence-electron chi connectivity index (χ2n) is 5.27. The van der Waals surface area contributed by atoms with E-state index in [1.165, 1.54) is 48.5 Å². The lowest BCUT2D eigenvalue weighted by Crippen LogP contribution is -2.43. The first-order valence-electron chi connectivity index (χ1n) is 7.59. The van der Waals surface area contributed by atoms with Crippen molar-refractivity contribution in [3.63, 3.8) is 0 Å². The van der Waals surface area contributed by atoms with Crippen LogP contribution in [-0.2, 0) is 19.1 Å². The third-order valence-corrected chi connectivity index (χ3v) is 4.02. The Kier molecular flexibility index (Phi) is 8.89. The molecule has 2 aromatic rings. The predicted octanol–water partition coefficient (Wildman–Crippen LogP) is 0.958. The number of hydrogen-bond donors (Lipinski definition) is 2. The number of carbonyl (C=O) groups is 4. The molecule has 11 heteroatoms. The van der Waals surface area contributed by atoms with Gasteiger partial charge in [0.15, 0.2) is 12.2 Å². The quantitative estimate of drug-likeness (QED) is 0.509. The predicted molar refractivity (Wildman–Crippen MR) is 99.4 cm³/mol. The number of ether oxygens (including phenoxy) is 2. The average Bonchev–Trinajstić information content (AvgIpc) is 2.67. The summed E-state index contributed by atoms with van der Waals surface area (Å²) < 4.78 is 8.75. The van der Waals surface area contributed by atoms with E-state index in [1.54, 1.807) is 0 Å². The van der Waals surface area contributed by atoms with Gasteiger partial charge in [0.05, 0.1) is 21.2 Å². The van der Waals surface area contributed by atoms with Gasteiger partial charge in [-0.15, -0.1) is 0 Å². The molecule has 0 amide bonds. The molecule has 0 radical (unpaired) electrons. The number of carbonyl (C=O) groups excluding carboxylic acids is 4. The fourth-order valence-corrected chi connectivity index (χ4v) is 2.35. The molecule has 0 saturated heterocycles. The van der Waals surface area contributed by atoms with Gasteiger partial charge >= 0.3 is 23.9 Å². The largest absolute Gasteiger partial charge is 0.412 e. The number of aliphatic hydroxyl groups excluding tert-OH is 2. The second kappa shape index (κ2) is 10.6. The Labute approximate surface area is 173 Å². The topological polar surface area (TPSA) is 159 Å². The molecule has 0 aliphatic heterocycles. The number of aliphatic hydroxyl groups is 2. The Morgan fingerprint density at radius 2 is 1.00 bits per heavy atom. The number of esters is 4. The van der Waals surface area contributed by atoms with Crippen LogP contribution >= 0.6 is 23.2 Å². The van der Waals surface area contributed by atoms with Crippen LogP contribution in [0.3, 0.4) is 0 Å². The van der Waals surface area contributed by atoms with E-state index in [9.17, 15) is 29.4 Å². The number of halogens is 2. The summed E-state index contributed by atoms with van der Waals surface area (Å²) in [6.45, 7) is 0. The fourth-order valence-electron chi connectivity index (χ4n) is 1.92. The summed E-state index contributed by atoms with van der Waals surface area (Å²) in [5.74, 6) is -5.69. The minimum absolute atomic E-state index is 0. The van der Waals surface area contributed by atoms with E-state index in [-0.39, 0.29) is 26.6 Å². The third-order valence-electron chi connectivity index (χ3n) is 3.36. The van der Waals surface area contributed by atoms with Crippen LogP contribution in [0.2, 0.25) is 10.0 Å². The van der Waals surface area contributed by atoms with Crippen LogP contribution in [0.15, 0.2) is 48.5 Å². The van der Waals surface area contributed by atoms with Crippen molar-refractivity contribution in [3.05, 3.63) is 69.7 Å². The molecule has 0 bridgehead atoms. The number of rotatable bonds is 5. The zero-order valence-electron chi connectivity index (χ0n) is 14.4. The maximum atomic E-state index is 11.9. The summed E-state index contributed by atoms with van der Waals surface area (Å²) >= 11 is 11.6. The van der Waals surface area contributed by atoms with E-state index in [2.05, 4.69) is 9.47 Å². The Hall–Kier alpha value is -2.82. The molecular weight excluding hydrogens is 431 g/mol. The Morgan fingerprint density at radius 3 is 1.31 bits per heavy atom. The highest BCUT2D eigenvalue weighted by atomic mass is 35.5. The van der Waals surface area contributed by atoms with E-state index in [4.69, 9.17) is 23.2 Å². The first-order valence-corrected chi connectivity index (χ1v) is 8.35. The van der Waals surface area contributed by atoms with Gasteiger partial charge in [-0.2, -0.15) is 0 Å². The molecule has 0 aliphatic rings. The zero-order chi connectivity index (χ0) is 20.8. The lowest BCUT2D eigenvalue weighted by molar-refractivity contribution is -0.166. The molecule has 0 aromatic heterocycles. The van der Waals surface area contributed by atoms with Crippen molar-refractivity contribution in [2.24, 2.45) is 0 Å². The maximum Gasteiger partial charge on any atom is 0.347 e. The molecule has 0 unspecified atom stereocenters. The minimum Gasteiger partial charge on any atom is -0.412 e. The van der Waals surface area contributed by atoms with Gasteiger partial charge < -0.3 is 25.2 Å². The van der Waals surface area contributed by atoms with Crippen LogP contribution in [0.4, 0.5) is 0 Å². The molecule has 0 spiro atoms. The smallest absolute Gasteiger partial charge is 0.347 e. The van der Waals surface area contributed by atoms with Crippen molar-refractivity contribution in [2.75, 3.05) is 0 Å². The van der Waals surface area contributed by atoms with Gasteiger partial charge in [0, 0.05) is 0 Å². The standard InChI is InChI=1S/C18H12Cl2O8.H2O/c19-11-7-3-1-5-9(11)15(23)27-17(25)13(21)14(22)18(26)28-16(24)10-6-2-4-8-12(10)20;/h1-8,13-14,21-22H;1H2/t13-,14-;/m1./s1. The van der Waals surface area contributed by atoms with Gasteiger partial charge in [-0.25, -0.2) is 19.2 Å². The maximum absolute atomic E-state index is 11.9. The van der Waals surface area contributed by atoms with Crippen LogP contribution in [0.5, 0.6) is 0 Å². The van der Waals surface area contributed by atoms with Crippen molar-refractivity contribution in [2.45, 2.75) is 12.2 Å². The summed E-state index contributed by atoms with van der Waals surface area (Å²) in [7, 11) is 0. The summed E-state index contributed by atoms with van der Waals surface area (Å²) in [5, 5.41) is 19.4. The van der Waals surface area contributed by atoms with Crippen molar-refractivity contribution in [1.82, 2.24) is 0 Å². The average molecular weight is 445 g/mol. The van der Waals surface area contributed by atoms with Crippen LogP contribution in [0, 0.1) is 0 Å². The van der Waals surface area contributed by atoms with E-state index >= 15 is 0 Å². The van der Waals surface area contributed by atoms with Gasteiger partial charge in [0.1, 0.15) is 0 Å². The molecule has 154 valence electrons. The first-order chi connectivity index (χ1) is 13.2. The molecule has 2 atom stereocenters. The van der Waals surface area contributed by atoms with Crippen LogP contribution in [-0.4, -0.2) is 51.8 Å². The van der Waals surface area contributed by atoms with Gasteiger partial charge in [-0.3, -0.25) is 0 Å². The molecule has 4 N–H and O–H groups in total. The summed E-state index contributed by atoms with van der Waals surface area (Å²) in [6.07, 6.45) is -4.98. The Balaban J connectivity index is 0.00000420. The van der Waals surface area contributed by atoms with Gasteiger partial charge in [-0.05, 0) is 24.3 Å². The highest BCUT2D eigenvalue weighted by Crippen LogP contribution is 2.18. The van der Waals surface area contributed by atoms with E-state index < -0.39 is 36.1 Å². The SMILES string of the molecule is O.O=C(OC(=O)[C@H](O)[C@@H](O)C(=O)OC(=O)c1ccccc1Cl)c1ccccc1Cl. The molecule has 9 nitrogen and oxygen atoms in total. The second-order valence-corrected chi connectivity index (χ2v) is 6.08. The highest BCUT2D eigenvalue weighted by molar-refractivity contribution is 6.34. The summed E-state index contributed by atoms with van der Waals surface area (Å²) in [6, 6.07) is 11.2. The summed E-state index contributed by atoms with van der Waals surface area (Å²) in [4.78, 5) is 47.3. The monoisotopic (exact) mass is 444 g/mol. The van der Waals surface area contributed by atoms with Gasteiger partial charge in [0.2, 0.25) is 0 Å². The highest BCUT2D eigenvalue weighted by Gasteiger charge is 2.36. The molecule has 0 aliphatic carbocycles. The lowest BCUT2D eigenvalue weighted by Gasteiger charge is -2.15.